The van der Waals surface area contributed by atoms with Crippen LogP contribution in [-0.4, -0.2) is 9.13 Å². The summed E-state index contributed by atoms with van der Waals surface area (Å²) in [6.45, 7) is 9.37. The zero-order chi connectivity index (χ0) is 33.0. The van der Waals surface area contributed by atoms with Gasteiger partial charge in [0.15, 0.2) is 0 Å². The van der Waals surface area contributed by atoms with Gasteiger partial charge in [0.1, 0.15) is 0 Å². The molecule has 8 aromatic rings. The van der Waals surface area contributed by atoms with Crippen LogP contribution in [0.1, 0.15) is 54.9 Å². The lowest BCUT2D eigenvalue weighted by molar-refractivity contribution is 0.347. The van der Waals surface area contributed by atoms with Crippen molar-refractivity contribution >= 4 is 43.6 Å². The molecule has 2 atom stereocenters. The Hall–Kier alpha value is -5.34. The van der Waals surface area contributed by atoms with Gasteiger partial charge in [-0.2, -0.15) is 0 Å². The number of fused-ring (bicyclic) bond motifs is 9. The van der Waals surface area contributed by atoms with Gasteiger partial charge in [-0.25, -0.2) is 0 Å². The molecule has 2 unspecified atom stereocenters. The third-order valence-corrected chi connectivity index (χ3v) is 11.8. The molecule has 2 aromatic heterocycles. The van der Waals surface area contributed by atoms with E-state index in [-0.39, 0.29) is 5.41 Å². The topological polar surface area (TPSA) is 9.86 Å². The molecule has 2 heterocycles. The summed E-state index contributed by atoms with van der Waals surface area (Å²) >= 11 is 0. The molecule has 0 spiro atoms. The lowest BCUT2D eigenvalue weighted by Crippen LogP contribution is -2.25. The predicted octanol–water partition coefficient (Wildman–Crippen LogP) is 12.5. The van der Waals surface area contributed by atoms with Crippen molar-refractivity contribution in [2.75, 3.05) is 0 Å². The quantitative estimate of drug-likeness (QED) is 0.172. The first-order chi connectivity index (χ1) is 23.9. The maximum atomic E-state index is 2.57. The van der Waals surface area contributed by atoms with Gasteiger partial charge in [0.05, 0.1) is 22.1 Å². The number of nitrogens with zero attached hydrogens (tertiary/aromatic N) is 2. The molecule has 2 aliphatic carbocycles. The van der Waals surface area contributed by atoms with E-state index < -0.39 is 0 Å². The Labute approximate surface area is 287 Å². The highest BCUT2D eigenvalue weighted by Crippen LogP contribution is 2.56. The van der Waals surface area contributed by atoms with Gasteiger partial charge in [0, 0.05) is 32.9 Å². The van der Waals surface area contributed by atoms with E-state index in [1.807, 2.05) is 0 Å². The monoisotopic (exact) mass is 632 g/mol. The van der Waals surface area contributed by atoms with Gasteiger partial charge in [0.25, 0.3) is 0 Å². The van der Waals surface area contributed by atoms with Gasteiger partial charge in [0.2, 0.25) is 0 Å². The molecular weight excluding hydrogens is 593 g/mol. The van der Waals surface area contributed by atoms with E-state index in [0.717, 1.165) is 0 Å². The Morgan fingerprint density at radius 1 is 0.592 bits per heavy atom. The second-order valence-electron chi connectivity index (χ2n) is 15.1. The zero-order valence-electron chi connectivity index (χ0n) is 28.7. The molecule has 238 valence electrons. The van der Waals surface area contributed by atoms with Gasteiger partial charge in [-0.15, -0.1) is 0 Å². The molecule has 49 heavy (non-hydrogen) atoms. The second-order valence-corrected chi connectivity index (χ2v) is 15.1. The fourth-order valence-electron chi connectivity index (χ4n) is 9.64. The standard InChI is InChI=1S/C47H40N2/c1-29-23-30(2)46-40(24-29)38-26-32(20-22-44(38)49(46)34-15-9-6-10-16-34)31-19-21-43-37(25-31)39-27-36-35-17-11-12-18-41(35)47(3,4)42(36)28-45(39)48(43)33-13-7-5-8-14-33/h5-10,12-16,18-28,35,41H,11,17H2,1-4H3. The third kappa shape index (κ3) is 4.07. The predicted molar refractivity (Wildman–Crippen MR) is 208 cm³/mol. The summed E-state index contributed by atoms with van der Waals surface area (Å²) in [7, 11) is 0. The van der Waals surface area contributed by atoms with Crippen molar-refractivity contribution < 1.29 is 0 Å². The molecule has 2 nitrogen and oxygen atoms in total. The Morgan fingerprint density at radius 2 is 1.20 bits per heavy atom. The number of rotatable bonds is 3. The minimum absolute atomic E-state index is 0.110. The molecule has 6 aromatic carbocycles. The van der Waals surface area contributed by atoms with Crippen LogP contribution >= 0.6 is 0 Å². The lowest BCUT2D eigenvalue weighted by Gasteiger charge is -2.31. The first kappa shape index (κ1) is 28.7. The van der Waals surface area contributed by atoms with Crippen molar-refractivity contribution in [1.29, 1.82) is 0 Å². The Kier molecular flexibility index (Phi) is 6.04. The van der Waals surface area contributed by atoms with Crippen LogP contribution in [-0.2, 0) is 5.41 Å². The van der Waals surface area contributed by atoms with Crippen LogP contribution in [0.3, 0.4) is 0 Å². The van der Waals surface area contributed by atoms with Gasteiger partial charge in [-0.05, 0) is 138 Å². The minimum atomic E-state index is 0.110. The smallest absolute Gasteiger partial charge is 0.0570 e. The summed E-state index contributed by atoms with van der Waals surface area (Å²) in [5.74, 6) is 1.15. The number of hydrogen-bond donors (Lipinski definition) is 0. The first-order valence-corrected chi connectivity index (χ1v) is 17.8. The molecular formula is C47H40N2. The summed E-state index contributed by atoms with van der Waals surface area (Å²) in [6.07, 6.45) is 7.33. The molecule has 0 saturated heterocycles. The van der Waals surface area contributed by atoms with E-state index in [1.54, 1.807) is 5.56 Å². The van der Waals surface area contributed by atoms with E-state index in [4.69, 9.17) is 0 Å². The lowest BCUT2D eigenvalue weighted by atomic mass is 9.73. The summed E-state index contributed by atoms with van der Waals surface area (Å²) in [6, 6.07) is 45.7. The normalized spacial score (nSPS) is 18.1. The van der Waals surface area contributed by atoms with E-state index in [9.17, 15) is 0 Å². The first-order valence-electron chi connectivity index (χ1n) is 17.8. The summed E-state index contributed by atoms with van der Waals surface area (Å²) in [4.78, 5) is 0. The Morgan fingerprint density at radius 3 is 1.90 bits per heavy atom. The fourth-order valence-corrected chi connectivity index (χ4v) is 9.64. The Bertz CT molecular complexity index is 2650. The van der Waals surface area contributed by atoms with Crippen molar-refractivity contribution in [2.45, 2.75) is 51.9 Å². The van der Waals surface area contributed by atoms with E-state index >= 15 is 0 Å². The minimum Gasteiger partial charge on any atom is -0.309 e. The van der Waals surface area contributed by atoms with Gasteiger partial charge < -0.3 is 9.13 Å². The van der Waals surface area contributed by atoms with Gasteiger partial charge in [-0.1, -0.05) is 86.2 Å². The molecule has 0 bridgehead atoms. The van der Waals surface area contributed by atoms with Crippen LogP contribution in [0.2, 0.25) is 0 Å². The van der Waals surface area contributed by atoms with E-state index in [1.165, 1.54) is 95.6 Å². The van der Waals surface area contributed by atoms with E-state index in [0.29, 0.717) is 11.8 Å². The molecule has 0 amide bonds. The molecule has 0 N–H and O–H groups in total. The highest BCUT2D eigenvalue weighted by Gasteiger charge is 2.45. The zero-order valence-corrected chi connectivity index (χ0v) is 28.7. The molecule has 10 rings (SSSR count). The van der Waals surface area contributed by atoms with Crippen molar-refractivity contribution in [3.8, 4) is 22.5 Å². The maximum absolute atomic E-state index is 2.57. The number of aromatic nitrogens is 2. The number of allylic oxidation sites excluding steroid dienone is 2. The van der Waals surface area contributed by atoms with Crippen LogP contribution in [0.4, 0.5) is 0 Å². The molecule has 2 heteroatoms. The largest absolute Gasteiger partial charge is 0.309 e. The van der Waals surface area contributed by atoms with Gasteiger partial charge >= 0.3 is 0 Å². The van der Waals surface area contributed by atoms with Crippen molar-refractivity contribution in [3.05, 3.63) is 156 Å². The highest BCUT2D eigenvalue weighted by molar-refractivity contribution is 6.13. The second kappa shape index (κ2) is 10.3. The molecule has 2 aliphatic rings. The van der Waals surface area contributed by atoms with E-state index in [2.05, 4.69) is 170 Å². The summed E-state index contributed by atoms with van der Waals surface area (Å²) in [5, 5.41) is 5.30. The maximum Gasteiger partial charge on any atom is 0.0570 e. The average Bonchev–Trinajstić information content (AvgIpc) is 3.71. The molecule has 0 radical (unpaired) electrons. The van der Waals surface area contributed by atoms with Crippen LogP contribution in [0, 0.1) is 19.8 Å². The van der Waals surface area contributed by atoms with Crippen molar-refractivity contribution in [1.82, 2.24) is 9.13 Å². The fraction of sp³-hybridized carbons (Fsp3) is 0.191. The summed E-state index contributed by atoms with van der Waals surface area (Å²) in [5.41, 5.74) is 15.8. The molecule has 0 fully saturated rings. The molecule has 0 aliphatic heterocycles. The number of benzene rings is 6. The molecule has 0 saturated carbocycles. The van der Waals surface area contributed by atoms with Crippen LogP contribution in [0.5, 0.6) is 0 Å². The van der Waals surface area contributed by atoms with Crippen LogP contribution < -0.4 is 0 Å². The Balaban J connectivity index is 1.22. The average molecular weight is 633 g/mol. The third-order valence-electron chi connectivity index (χ3n) is 11.8. The van der Waals surface area contributed by atoms with Crippen molar-refractivity contribution in [2.24, 2.45) is 5.92 Å². The van der Waals surface area contributed by atoms with Gasteiger partial charge in [-0.3, -0.25) is 0 Å². The van der Waals surface area contributed by atoms with Crippen molar-refractivity contribution in [3.63, 3.8) is 0 Å². The number of hydrogen-bond acceptors (Lipinski definition) is 0. The van der Waals surface area contributed by atoms with Crippen LogP contribution in [0.25, 0.3) is 66.1 Å². The number of para-hydroxylation sites is 2. The SMILES string of the molecule is Cc1cc(C)c2c(c1)c1cc(-c3ccc4c(c3)c3cc5c(cc3n4-c3ccccc3)C(C)(C)C3C=CCCC53)ccc1n2-c1ccccc1. The number of aryl methyl sites for hydroxylation is 2. The highest BCUT2D eigenvalue weighted by atomic mass is 15.0. The summed E-state index contributed by atoms with van der Waals surface area (Å²) < 4.78 is 4.93. The van der Waals surface area contributed by atoms with Crippen LogP contribution in [0.15, 0.2) is 133 Å².